The van der Waals surface area contributed by atoms with E-state index < -0.39 is 6.17 Å². The van der Waals surface area contributed by atoms with Crippen LogP contribution in [0.3, 0.4) is 0 Å². The van der Waals surface area contributed by atoms with Gasteiger partial charge in [-0.05, 0) is 31.4 Å². The molecule has 10 heteroatoms. The number of phenols is 1. The lowest BCUT2D eigenvalue weighted by Gasteiger charge is -2.38. The highest BCUT2D eigenvalue weighted by Crippen LogP contribution is 2.34. The molecule has 2 aromatic heterocycles. The Morgan fingerprint density at radius 2 is 2.10 bits per heavy atom. The van der Waals surface area contributed by atoms with Crippen LogP contribution in [0.2, 0.25) is 0 Å². The van der Waals surface area contributed by atoms with Gasteiger partial charge in [0, 0.05) is 31.6 Å². The minimum absolute atomic E-state index is 0.0170. The molecule has 2 saturated heterocycles. The molecule has 0 aliphatic carbocycles. The average molecular weight is 411 g/mol. The predicted molar refractivity (Wildman–Crippen MR) is 107 cm³/mol. The van der Waals surface area contributed by atoms with Gasteiger partial charge in [-0.1, -0.05) is 11.2 Å². The third-order valence-corrected chi connectivity index (χ3v) is 5.99. The van der Waals surface area contributed by atoms with Gasteiger partial charge in [-0.3, -0.25) is 0 Å². The molecule has 156 valence electrons. The Morgan fingerprint density at radius 3 is 2.80 bits per heavy atom. The Kier molecular flexibility index (Phi) is 4.58. The van der Waals surface area contributed by atoms with E-state index in [-0.39, 0.29) is 23.7 Å². The molecule has 5 rings (SSSR count). The van der Waals surface area contributed by atoms with Crippen LogP contribution in [0.4, 0.5) is 10.2 Å². The van der Waals surface area contributed by atoms with Gasteiger partial charge in [0.05, 0.1) is 17.8 Å². The van der Waals surface area contributed by atoms with Crippen molar-refractivity contribution in [3.63, 3.8) is 0 Å². The highest BCUT2D eigenvalue weighted by Gasteiger charge is 2.43. The molecule has 0 spiro atoms. The molecule has 2 bridgehead atoms. The van der Waals surface area contributed by atoms with Gasteiger partial charge >= 0.3 is 0 Å². The smallest absolute Gasteiger partial charge is 0.223 e. The second-order valence-electron chi connectivity index (χ2n) is 7.91. The number of benzene rings is 1. The van der Waals surface area contributed by atoms with E-state index in [9.17, 15) is 9.50 Å². The van der Waals surface area contributed by atoms with Crippen molar-refractivity contribution in [2.24, 2.45) is 0 Å². The van der Waals surface area contributed by atoms with Gasteiger partial charge in [-0.15, -0.1) is 10.2 Å². The number of hydrogen-bond donors (Lipinski definition) is 2. The van der Waals surface area contributed by atoms with Gasteiger partial charge < -0.3 is 19.8 Å². The monoisotopic (exact) mass is 411 g/mol. The first-order valence-electron chi connectivity index (χ1n) is 9.96. The van der Waals surface area contributed by atoms with Gasteiger partial charge in [-0.2, -0.15) is 4.98 Å². The summed E-state index contributed by atoms with van der Waals surface area (Å²) in [5.41, 5.74) is 1.05. The average Bonchev–Trinajstić information content (AvgIpc) is 3.37. The summed E-state index contributed by atoms with van der Waals surface area (Å²) in [6.07, 6.45) is 3.22. The van der Waals surface area contributed by atoms with Crippen molar-refractivity contribution in [3.8, 4) is 28.5 Å². The van der Waals surface area contributed by atoms with Gasteiger partial charge in [-0.25, -0.2) is 9.37 Å². The first-order valence-corrected chi connectivity index (χ1v) is 9.96. The molecule has 2 aliphatic rings. The van der Waals surface area contributed by atoms with Crippen molar-refractivity contribution in [1.29, 1.82) is 0 Å². The summed E-state index contributed by atoms with van der Waals surface area (Å²) >= 11 is 0. The summed E-state index contributed by atoms with van der Waals surface area (Å²) in [7, 11) is 1.83. The van der Waals surface area contributed by atoms with E-state index in [1.807, 2.05) is 11.9 Å². The Bertz CT molecular complexity index is 1060. The van der Waals surface area contributed by atoms with Gasteiger partial charge in [0.2, 0.25) is 11.7 Å². The first-order chi connectivity index (χ1) is 14.5. The number of anilines is 1. The van der Waals surface area contributed by atoms with E-state index >= 15 is 0 Å². The number of nitrogens with zero attached hydrogens (tertiary/aromatic N) is 6. The Labute approximate surface area is 172 Å². The van der Waals surface area contributed by atoms with Crippen molar-refractivity contribution >= 4 is 5.82 Å². The lowest BCUT2D eigenvalue weighted by atomic mass is 9.96. The fourth-order valence-corrected chi connectivity index (χ4v) is 4.35. The number of phenolic OH excluding ortho intramolecular Hbond substituents is 1. The van der Waals surface area contributed by atoms with Crippen LogP contribution in [-0.4, -0.2) is 61.8 Å². The third kappa shape index (κ3) is 3.26. The highest BCUT2D eigenvalue weighted by molar-refractivity contribution is 5.70. The fourth-order valence-electron chi connectivity index (χ4n) is 4.35. The van der Waals surface area contributed by atoms with E-state index in [4.69, 9.17) is 4.52 Å². The van der Waals surface area contributed by atoms with Gasteiger partial charge in [0.25, 0.3) is 0 Å². The summed E-state index contributed by atoms with van der Waals surface area (Å²) in [4.78, 5) is 10.3. The lowest BCUT2D eigenvalue weighted by Crippen LogP contribution is -2.55. The summed E-state index contributed by atoms with van der Waals surface area (Å²) in [5, 5.41) is 26.0. The largest absolute Gasteiger partial charge is 0.507 e. The molecule has 0 saturated carbocycles. The van der Waals surface area contributed by atoms with E-state index in [1.165, 1.54) is 6.07 Å². The summed E-state index contributed by atoms with van der Waals surface area (Å²) in [6.45, 7) is 1.70. The maximum Gasteiger partial charge on any atom is 0.223 e. The number of nitrogens with one attached hydrogen (secondary N) is 1. The summed E-state index contributed by atoms with van der Waals surface area (Å²) < 4.78 is 19.8. The van der Waals surface area contributed by atoms with E-state index in [1.54, 1.807) is 25.3 Å². The quantitative estimate of drug-likeness (QED) is 0.667. The number of fused-ring (bicyclic) bond motifs is 2. The van der Waals surface area contributed by atoms with Crippen LogP contribution in [0.1, 0.15) is 25.2 Å². The first kappa shape index (κ1) is 18.9. The van der Waals surface area contributed by atoms with Crippen LogP contribution in [0.15, 0.2) is 28.9 Å². The zero-order valence-electron chi connectivity index (χ0n) is 16.7. The second-order valence-corrected chi connectivity index (χ2v) is 7.91. The maximum absolute atomic E-state index is 14.8. The molecule has 1 unspecified atom stereocenters. The Balaban J connectivity index is 1.36. The molecule has 0 radical (unpaired) electrons. The van der Waals surface area contributed by atoms with Crippen LogP contribution in [-0.2, 0) is 0 Å². The number of hydrogen-bond acceptors (Lipinski definition) is 9. The van der Waals surface area contributed by atoms with E-state index in [2.05, 4.69) is 30.6 Å². The Morgan fingerprint density at radius 1 is 1.23 bits per heavy atom. The van der Waals surface area contributed by atoms with E-state index in [0.29, 0.717) is 34.7 Å². The molecule has 4 heterocycles. The number of aryl methyl sites for hydroxylation is 1. The summed E-state index contributed by atoms with van der Waals surface area (Å²) in [5.74, 6) is 1.60. The van der Waals surface area contributed by atoms with Crippen LogP contribution in [0.5, 0.6) is 5.75 Å². The molecule has 3 aromatic rings. The molecule has 2 aliphatic heterocycles. The van der Waals surface area contributed by atoms with Gasteiger partial charge in [0.1, 0.15) is 11.9 Å². The number of aromatic nitrogens is 5. The zero-order chi connectivity index (χ0) is 20.8. The molecule has 2 fully saturated rings. The molecule has 9 nitrogen and oxygen atoms in total. The normalized spacial score (nSPS) is 25.4. The van der Waals surface area contributed by atoms with Gasteiger partial charge in [0.15, 0.2) is 11.6 Å². The summed E-state index contributed by atoms with van der Waals surface area (Å²) in [6, 6.07) is 4.97. The van der Waals surface area contributed by atoms with Crippen molar-refractivity contribution in [3.05, 3.63) is 30.3 Å². The highest BCUT2D eigenvalue weighted by atomic mass is 19.1. The van der Waals surface area contributed by atoms with Crippen molar-refractivity contribution in [2.45, 2.75) is 50.5 Å². The van der Waals surface area contributed by atoms with Crippen LogP contribution in [0, 0.1) is 6.92 Å². The maximum atomic E-state index is 14.8. The molecule has 0 amide bonds. The molecule has 2 N–H and O–H groups in total. The molecule has 30 heavy (non-hydrogen) atoms. The fraction of sp³-hybridized carbons (Fsp3) is 0.450. The van der Waals surface area contributed by atoms with Crippen LogP contribution >= 0.6 is 0 Å². The number of piperidine rings is 1. The molecular weight excluding hydrogens is 389 g/mol. The van der Waals surface area contributed by atoms with Crippen molar-refractivity contribution in [2.75, 3.05) is 11.9 Å². The topological polar surface area (TPSA) is 113 Å². The van der Waals surface area contributed by atoms with Crippen molar-refractivity contribution in [1.82, 2.24) is 30.6 Å². The van der Waals surface area contributed by atoms with E-state index in [0.717, 1.165) is 19.3 Å². The van der Waals surface area contributed by atoms with Crippen LogP contribution in [0.25, 0.3) is 22.8 Å². The standard InChI is InChI=1S/C20H22FN7O2/c1-10-23-19(27-30-10)11-3-5-13(16(29)7-11)20-22-9-17(25-26-20)28(2)15-8-12-4-6-14(24-12)18(15)21/h3,5,7,9,12,14-15,18,24,29H,4,6,8H2,1-2H3/t12-,14?,15-,18+/m0/s1. The number of aromatic hydroxyl groups is 1. The minimum atomic E-state index is -0.958. The number of rotatable bonds is 4. The zero-order valence-corrected chi connectivity index (χ0v) is 16.7. The third-order valence-electron chi connectivity index (χ3n) is 5.99. The minimum Gasteiger partial charge on any atom is -0.507 e. The molecule has 4 atom stereocenters. The Hall–Kier alpha value is -3.14. The molecular formula is C20H22FN7O2. The number of alkyl halides is 1. The lowest BCUT2D eigenvalue weighted by molar-refractivity contribution is 0.176. The SMILES string of the molecule is Cc1nc(-c2ccc(-c3ncc(N(C)[C@H]4C[C@@H]5CCC(N5)[C@H]4F)nn3)c(O)c2)no1. The second kappa shape index (κ2) is 7.28. The number of halogens is 1. The van der Waals surface area contributed by atoms with Crippen molar-refractivity contribution < 1.29 is 14.0 Å². The molecule has 1 aromatic carbocycles. The predicted octanol–water partition coefficient (Wildman–Crippen LogP) is 2.27. The van der Waals surface area contributed by atoms with Crippen LogP contribution < -0.4 is 10.2 Å².